The number of benzene rings is 1. The quantitative estimate of drug-likeness (QED) is 0.677. The lowest BCUT2D eigenvalue weighted by Gasteiger charge is -2.58. The van der Waals surface area contributed by atoms with Crippen LogP contribution in [0.3, 0.4) is 0 Å². The summed E-state index contributed by atoms with van der Waals surface area (Å²) in [5.74, 6) is 0.974. The van der Waals surface area contributed by atoms with E-state index in [0.29, 0.717) is 23.3 Å². The molecule has 4 aliphatic rings. The summed E-state index contributed by atoms with van der Waals surface area (Å²) in [6, 6.07) is 7.08. The van der Waals surface area contributed by atoms with Crippen molar-refractivity contribution >= 4 is 17.6 Å². The number of methoxy groups -OCH3 is 1. The minimum atomic E-state index is -0.793. The standard InChI is InChI=1S/C22H30N2O4/c1-21(2,24-17-6-4-14(5-7-17)19(25)28-3)20(26)23-18-15-8-13-9-16(18)12-22(27,10-13)11-15/h4-7,13,15-16,18,24,27H,8-12H2,1-3H3,(H,23,26)/t13?,15-,16+,18?,22?. The second-order valence-electron chi connectivity index (χ2n) is 9.51. The van der Waals surface area contributed by atoms with Crippen molar-refractivity contribution in [3.63, 3.8) is 0 Å². The maximum Gasteiger partial charge on any atom is 0.337 e. The largest absolute Gasteiger partial charge is 0.465 e. The predicted molar refractivity (Wildman–Crippen MR) is 106 cm³/mol. The number of hydrogen-bond donors (Lipinski definition) is 3. The second kappa shape index (κ2) is 6.76. The molecule has 0 radical (unpaired) electrons. The van der Waals surface area contributed by atoms with E-state index in [1.54, 1.807) is 24.3 Å². The number of anilines is 1. The van der Waals surface area contributed by atoms with Crippen LogP contribution in [0.2, 0.25) is 0 Å². The lowest BCUT2D eigenvalue weighted by Crippen LogP contribution is -2.63. The van der Waals surface area contributed by atoms with Gasteiger partial charge in [-0.1, -0.05) is 0 Å². The van der Waals surface area contributed by atoms with Crippen molar-refractivity contribution in [1.82, 2.24) is 5.32 Å². The zero-order valence-electron chi connectivity index (χ0n) is 16.8. The van der Waals surface area contributed by atoms with Crippen LogP contribution in [0.4, 0.5) is 5.69 Å². The molecular weight excluding hydrogens is 356 g/mol. The van der Waals surface area contributed by atoms with E-state index >= 15 is 0 Å². The van der Waals surface area contributed by atoms with E-state index in [2.05, 4.69) is 10.6 Å². The number of esters is 1. The highest BCUT2D eigenvalue weighted by Gasteiger charge is 2.55. The number of carbonyl (C=O) groups excluding carboxylic acids is 2. The summed E-state index contributed by atoms with van der Waals surface area (Å²) in [4.78, 5) is 24.6. The summed E-state index contributed by atoms with van der Waals surface area (Å²) >= 11 is 0. The molecule has 1 aromatic rings. The van der Waals surface area contributed by atoms with Gasteiger partial charge in [0.2, 0.25) is 5.91 Å². The van der Waals surface area contributed by atoms with Gasteiger partial charge in [0, 0.05) is 11.7 Å². The zero-order valence-corrected chi connectivity index (χ0v) is 16.8. The van der Waals surface area contributed by atoms with Crippen LogP contribution in [0.25, 0.3) is 0 Å². The van der Waals surface area contributed by atoms with Crippen molar-refractivity contribution in [2.75, 3.05) is 12.4 Å². The van der Waals surface area contributed by atoms with Crippen LogP contribution in [-0.2, 0) is 9.53 Å². The van der Waals surface area contributed by atoms with Gasteiger partial charge in [0.1, 0.15) is 5.54 Å². The molecule has 0 saturated heterocycles. The summed E-state index contributed by atoms with van der Waals surface area (Å²) in [6.45, 7) is 3.72. The van der Waals surface area contributed by atoms with Gasteiger partial charge in [0.05, 0.1) is 18.3 Å². The second-order valence-corrected chi connectivity index (χ2v) is 9.51. The minimum Gasteiger partial charge on any atom is -0.465 e. The van der Waals surface area contributed by atoms with Gasteiger partial charge in [0.15, 0.2) is 0 Å². The molecule has 3 N–H and O–H groups in total. The molecule has 4 bridgehead atoms. The third-order valence-electron chi connectivity index (χ3n) is 6.87. The van der Waals surface area contributed by atoms with E-state index in [1.807, 2.05) is 13.8 Å². The molecule has 1 aromatic carbocycles. The molecule has 4 aliphatic carbocycles. The normalized spacial score (nSPS) is 33.4. The maximum atomic E-state index is 13.1. The van der Waals surface area contributed by atoms with Gasteiger partial charge in [-0.25, -0.2) is 4.79 Å². The first kappa shape index (κ1) is 19.2. The summed E-state index contributed by atoms with van der Waals surface area (Å²) in [5, 5.41) is 17.3. The number of carbonyl (C=O) groups is 2. The Bertz CT molecular complexity index is 757. The van der Waals surface area contributed by atoms with E-state index in [1.165, 1.54) is 7.11 Å². The Morgan fingerprint density at radius 3 is 2.25 bits per heavy atom. The molecule has 5 rings (SSSR count). The Balaban J connectivity index is 1.41. The zero-order chi connectivity index (χ0) is 20.1. The molecule has 152 valence electrons. The molecule has 0 aromatic heterocycles. The molecule has 6 nitrogen and oxygen atoms in total. The number of amides is 1. The fourth-order valence-electron chi connectivity index (χ4n) is 5.77. The first-order chi connectivity index (χ1) is 13.2. The van der Waals surface area contributed by atoms with Crippen molar-refractivity contribution < 1.29 is 19.4 Å². The van der Waals surface area contributed by atoms with Gasteiger partial charge in [0.25, 0.3) is 0 Å². The van der Waals surface area contributed by atoms with Crippen molar-refractivity contribution in [1.29, 1.82) is 0 Å². The first-order valence-electron chi connectivity index (χ1n) is 10.2. The number of hydrogen-bond acceptors (Lipinski definition) is 5. The number of aliphatic hydroxyl groups is 1. The minimum absolute atomic E-state index is 0.0333. The third-order valence-corrected chi connectivity index (χ3v) is 6.87. The Morgan fingerprint density at radius 2 is 1.71 bits per heavy atom. The van der Waals surface area contributed by atoms with E-state index in [-0.39, 0.29) is 17.9 Å². The van der Waals surface area contributed by atoms with Crippen molar-refractivity contribution in [2.45, 2.75) is 63.1 Å². The third kappa shape index (κ3) is 3.50. The summed E-state index contributed by atoms with van der Waals surface area (Å²) in [6.07, 6.45) is 4.80. The Hall–Kier alpha value is -2.08. The Morgan fingerprint density at radius 1 is 1.11 bits per heavy atom. The van der Waals surface area contributed by atoms with Crippen LogP contribution in [0.15, 0.2) is 24.3 Å². The highest BCUT2D eigenvalue weighted by atomic mass is 16.5. The molecule has 6 heteroatoms. The molecule has 5 atom stereocenters. The monoisotopic (exact) mass is 386 g/mol. The fraction of sp³-hybridized carbons (Fsp3) is 0.636. The SMILES string of the molecule is COC(=O)c1ccc(NC(C)(C)C(=O)NC2[C@@H]3CC4C[C@H]2CC(O)(C4)C3)cc1. The predicted octanol–water partition coefficient (Wildman–Crippen LogP) is 2.72. The highest BCUT2D eigenvalue weighted by molar-refractivity contribution is 5.91. The van der Waals surface area contributed by atoms with E-state index < -0.39 is 11.1 Å². The molecule has 0 aliphatic heterocycles. The molecule has 4 fully saturated rings. The van der Waals surface area contributed by atoms with E-state index in [4.69, 9.17) is 4.74 Å². The van der Waals surface area contributed by atoms with E-state index in [0.717, 1.165) is 37.8 Å². The van der Waals surface area contributed by atoms with Crippen LogP contribution in [0, 0.1) is 17.8 Å². The maximum absolute atomic E-state index is 13.1. The van der Waals surface area contributed by atoms with Gasteiger partial charge in [-0.05, 0) is 88.0 Å². The highest BCUT2D eigenvalue weighted by Crippen LogP contribution is 2.55. The van der Waals surface area contributed by atoms with Gasteiger partial charge in [-0.3, -0.25) is 4.79 Å². The number of nitrogens with one attached hydrogen (secondary N) is 2. The van der Waals surface area contributed by atoms with Crippen LogP contribution < -0.4 is 10.6 Å². The van der Waals surface area contributed by atoms with Gasteiger partial charge in [-0.2, -0.15) is 0 Å². The molecule has 0 heterocycles. The molecule has 0 spiro atoms. The summed E-state index contributed by atoms with van der Waals surface area (Å²) in [7, 11) is 1.35. The first-order valence-corrected chi connectivity index (χ1v) is 10.2. The lowest BCUT2D eigenvalue weighted by molar-refractivity contribution is -0.148. The smallest absolute Gasteiger partial charge is 0.337 e. The van der Waals surface area contributed by atoms with Crippen molar-refractivity contribution in [3.05, 3.63) is 29.8 Å². The van der Waals surface area contributed by atoms with Crippen LogP contribution >= 0.6 is 0 Å². The van der Waals surface area contributed by atoms with Gasteiger partial charge >= 0.3 is 5.97 Å². The number of rotatable bonds is 5. The van der Waals surface area contributed by atoms with Gasteiger partial charge in [-0.15, -0.1) is 0 Å². The molecule has 4 saturated carbocycles. The molecule has 1 amide bonds. The summed E-state index contributed by atoms with van der Waals surface area (Å²) < 4.78 is 4.71. The van der Waals surface area contributed by atoms with Crippen LogP contribution in [0.1, 0.15) is 56.3 Å². The van der Waals surface area contributed by atoms with Gasteiger partial charge < -0.3 is 20.5 Å². The molecule has 28 heavy (non-hydrogen) atoms. The van der Waals surface area contributed by atoms with Crippen LogP contribution in [-0.4, -0.2) is 41.3 Å². The lowest BCUT2D eigenvalue weighted by atomic mass is 9.52. The average Bonchev–Trinajstić information content (AvgIpc) is 2.62. The molecular formula is C22H30N2O4. The number of ether oxygens (including phenoxy) is 1. The Kier molecular flexibility index (Phi) is 4.65. The van der Waals surface area contributed by atoms with Crippen molar-refractivity contribution in [3.8, 4) is 0 Å². The topological polar surface area (TPSA) is 87.7 Å². The Labute approximate surface area is 166 Å². The van der Waals surface area contributed by atoms with Crippen molar-refractivity contribution in [2.24, 2.45) is 17.8 Å². The summed E-state index contributed by atoms with van der Waals surface area (Å²) in [5.41, 5.74) is -0.0420. The van der Waals surface area contributed by atoms with E-state index in [9.17, 15) is 14.7 Å². The fourth-order valence-corrected chi connectivity index (χ4v) is 5.77. The van der Waals surface area contributed by atoms with Crippen LogP contribution in [0.5, 0.6) is 0 Å². The average molecular weight is 386 g/mol. The molecule has 3 unspecified atom stereocenters.